The summed E-state index contributed by atoms with van der Waals surface area (Å²) in [6, 6.07) is 5.84. The zero-order valence-electron chi connectivity index (χ0n) is 14.6. The third-order valence-corrected chi connectivity index (χ3v) is 5.71. The van der Waals surface area contributed by atoms with Crippen LogP contribution in [0.15, 0.2) is 29.2 Å². The second-order valence-corrected chi connectivity index (χ2v) is 8.28. The van der Waals surface area contributed by atoms with Gasteiger partial charge in [0, 0.05) is 13.1 Å². The molecule has 0 saturated carbocycles. The van der Waals surface area contributed by atoms with Crippen molar-refractivity contribution >= 4 is 21.7 Å². The molecule has 8 heteroatoms. The second kappa shape index (κ2) is 7.97. The Morgan fingerprint density at radius 1 is 1.20 bits per heavy atom. The highest BCUT2D eigenvalue weighted by molar-refractivity contribution is 7.91. The number of nitrogens with zero attached hydrogens (tertiary/aromatic N) is 1. The lowest BCUT2D eigenvalue weighted by Gasteiger charge is -2.35. The largest absolute Gasteiger partial charge is 0.452 e. The topological polar surface area (TPSA) is 90.0 Å². The first-order chi connectivity index (χ1) is 11.7. The number of rotatable bonds is 5. The van der Waals surface area contributed by atoms with Gasteiger partial charge in [-0.3, -0.25) is 4.79 Å². The van der Waals surface area contributed by atoms with Gasteiger partial charge < -0.3 is 14.4 Å². The van der Waals surface area contributed by atoms with Gasteiger partial charge in [0.2, 0.25) is 0 Å². The van der Waals surface area contributed by atoms with E-state index < -0.39 is 22.4 Å². The lowest BCUT2D eigenvalue weighted by atomic mass is 10.2. The number of morpholine rings is 1. The number of carbonyl (C=O) groups excluding carboxylic acids is 2. The van der Waals surface area contributed by atoms with E-state index in [1.807, 2.05) is 13.8 Å². The van der Waals surface area contributed by atoms with Crippen LogP contribution in [0.4, 0.5) is 0 Å². The molecule has 1 fully saturated rings. The van der Waals surface area contributed by atoms with E-state index >= 15 is 0 Å². The van der Waals surface area contributed by atoms with Gasteiger partial charge in [-0.15, -0.1) is 0 Å². The van der Waals surface area contributed by atoms with Gasteiger partial charge in [0.1, 0.15) is 0 Å². The summed E-state index contributed by atoms with van der Waals surface area (Å²) in [5, 5.41) is 0. The van der Waals surface area contributed by atoms with Crippen LogP contribution >= 0.6 is 0 Å². The molecule has 0 N–H and O–H groups in total. The van der Waals surface area contributed by atoms with Gasteiger partial charge >= 0.3 is 5.97 Å². The van der Waals surface area contributed by atoms with Crippen molar-refractivity contribution < 1.29 is 27.5 Å². The van der Waals surface area contributed by atoms with Crippen LogP contribution in [-0.4, -0.2) is 62.9 Å². The molecule has 2 atom stereocenters. The lowest BCUT2D eigenvalue weighted by molar-refractivity contribution is -0.146. The summed E-state index contributed by atoms with van der Waals surface area (Å²) < 4.78 is 34.8. The van der Waals surface area contributed by atoms with Crippen molar-refractivity contribution in [2.75, 3.05) is 25.4 Å². The first-order valence-electron chi connectivity index (χ1n) is 8.16. The maximum absolute atomic E-state index is 12.3. The van der Waals surface area contributed by atoms with Crippen molar-refractivity contribution in [3.05, 3.63) is 29.8 Å². The highest BCUT2D eigenvalue weighted by Gasteiger charge is 2.27. The van der Waals surface area contributed by atoms with Gasteiger partial charge in [0.25, 0.3) is 5.91 Å². The van der Waals surface area contributed by atoms with Crippen molar-refractivity contribution in [2.24, 2.45) is 0 Å². The van der Waals surface area contributed by atoms with E-state index in [4.69, 9.17) is 9.47 Å². The normalized spacial score (nSPS) is 21.0. The Morgan fingerprint density at radius 3 is 2.40 bits per heavy atom. The molecule has 2 rings (SSSR count). The maximum Gasteiger partial charge on any atom is 0.339 e. The van der Waals surface area contributed by atoms with E-state index in [0.29, 0.717) is 13.1 Å². The summed E-state index contributed by atoms with van der Waals surface area (Å²) in [5.41, 5.74) is -0.0548. The molecule has 1 aromatic rings. The van der Waals surface area contributed by atoms with Crippen LogP contribution in [0.25, 0.3) is 0 Å². The molecule has 25 heavy (non-hydrogen) atoms. The van der Waals surface area contributed by atoms with Crippen molar-refractivity contribution in [3.8, 4) is 0 Å². The van der Waals surface area contributed by atoms with E-state index in [-0.39, 0.29) is 34.3 Å². The summed E-state index contributed by atoms with van der Waals surface area (Å²) in [7, 11) is -3.56. The number of carbonyl (C=O) groups is 2. The molecule has 0 radical (unpaired) electrons. The van der Waals surface area contributed by atoms with E-state index in [2.05, 4.69) is 0 Å². The molecule has 0 bridgehead atoms. The smallest absolute Gasteiger partial charge is 0.339 e. The molecular weight excluding hydrogens is 346 g/mol. The third-order valence-electron chi connectivity index (χ3n) is 3.92. The summed E-state index contributed by atoms with van der Waals surface area (Å²) in [6.45, 7) is 5.67. The monoisotopic (exact) mass is 369 g/mol. The molecule has 7 nitrogen and oxygen atoms in total. The summed E-state index contributed by atoms with van der Waals surface area (Å²) in [4.78, 5) is 26.0. The molecule has 138 valence electrons. The van der Waals surface area contributed by atoms with Gasteiger partial charge in [-0.2, -0.15) is 0 Å². The number of hydrogen-bond donors (Lipinski definition) is 0. The summed E-state index contributed by atoms with van der Waals surface area (Å²) >= 11 is 0. The second-order valence-electron chi connectivity index (χ2n) is 6.03. The molecule has 1 aromatic carbocycles. The molecule has 1 saturated heterocycles. The first kappa shape index (κ1) is 19.4. The highest BCUT2D eigenvalue weighted by Crippen LogP contribution is 2.18. The minimum Gasteiger partial charge on any atom is -0.452 e. The molecule has 1 aliphatic rings. The molecule has 1 amide bonds. The number of hydrogen-bond acceptors (Lipinski definition) is 6. The first-order valence-corrected chi connectivity index (χ1v) is 9.82. The Labute approximate surface area is 147 Å². The molecule has 0 spiro atoms. The van der Waals surface area contributed by atoms with Crippen molar-refractivity contribution in [3.63, 3.8) is 0 Å². The number of sulfone groups is 1. The Hall–Kier alpha value is -1.93. The van der Waals surface area contributed by atoms with Crippen LogP contribution in [-0.2, 0) is 24.1 Å². The van der Waals surface area contributed by atoms with E-state index in [9.17, 15) is 18.0 Å². The van der Waals surface area contributed by atoms with E-state index in [1.54, 1.807) is 17.0 Å². The molecule has 0 aromatic heterocycles. The predicted octanol–water partition coefficient (Wildman–Crippen LogP) is 1.27. The average molecular weight is 369 g/mol. The van der Waals surface area contributed by atoms with E-state index in [0.717, 1.165) is 0 Å². The fourth-order valence-electron chi connectivity index (χ4n) is 2.74. The fourth-order valence-corrected chi connectivity index (χ4v) is 3.82. The van der Waals surface area contributed by atoms with Crippen LogP contribution in [0.2, 0.25) is 0 Å². The maximum atomic E-state index is 12.3. The summed E-state index contributed by atoms with van der Waals surface area (Å²) in [6.07, 6.45) is -0.169. The third kappa shape index (κ3) is 4.79. The highest BCUT2D eigenvalue weighted by atomic mass is 32.2. The van der Waals surface area contributed by atoms with Gasteiger partial charge in [-0.05, 0) is 26.0 Å². The Kier molecular flexibility index (Phi) is 6.18. The number of ether oxygens (including phenoxy) is 2. The predicted molar refractivity (Wildman–Crippen MR) is 91.0 cm³/mol. The molecule has 0 unspecified atom stereocenters. The Balaban J connectivity index is 2.05. The van der Waals surface area contributed by atoms with Gasteiger partial charge in [-0.1, -0.05) is 19.1 Å². The lowest BCUT2D eigenvalue weighted by Crippen LogP contribution is -2.49. The SMILES string of the molecule is CCS(=O)(=O)c1ccccc1C(=O)OCC(=O)N1C[C@@H](C)O[C@H](C)C1. The van der Waals surface area contributed by atoms with Crippen LogP contribution < -0.4 is 0 Å². The van der Waals surface area contributed by atoms with Gasteiger partial charge in [0.05, 0.1) is 28.4 Å². The number of benzene rings is 1. The van der Waals surface area contributed by atoms with Crippen molar-refractivity contribution in [1.29, 1.82) is 0 Å². The van der Waals surface area contributed by atoms with Crippen LogP contribution in [0.3, 0.4) is 0 Å². The fraction of sp³-hybridized carbons (Fsp3) is 0.529. The van der Waals surface area contributed by atoms with Crippen LogP contribution in [0, 0.1) is 0 Å². The van der Waals surface area contributed by atoms with Crippen LogP contribution in [0.5, 0.6) is 0 Å². The van der Waals surface area contributed by atoms with Crippen LogP contribution in [0.1, 0.15) is 31.1 Å². The standard InChI is InChI=1S/C17H23NO6S/c1-4-25(21,22)15-8-6-5-7-14(15)17(20)23-11-16(19)18-9-12(2)24-13(3)10-18/h5-8,12-13H,4,9-11H2,1-3H3/t12-,13-/m1/s1. The molecule has 0 aliphatic carbocycles. The van der Waals surface area contributed by atoms with Crippen molar-refractivity contribution in [1.82, 2.24) is 4.90 Å². The molecule has 1 aliphatic heterocycles. The Bertz CT molecular complexity index is 735. The minimum absolute atomic E-state index is 0.0548. The molecular formula is C17H23NO6S. The molecule has 1 heterocycles. The van der Waals surface area contributed by atoms with Gasteiger partial charge in [0.15, 0.2) is 16.4 Å². The Morgan fingerprint density at radius 2 is 1.80 bits per heavy atom. The van der Waals surface area contributed by atoms with Crippen molar-refractivity contribution in [2.45, 2.75) is 37.9 Å². The summed E-state index contributed by atoms with van der Waals surface area (Å²) in [5.74, 6) is -1.28. The van der Waals surface area contributed by atoms with Gasteiger partial charge in [-0.25, -0.2) is 13.2 Å². The number of esters is 1. The minimum atomic E-state index is -3.56. The number of amides is 1. The quantitative estimate of drug-likeness (QED) is 0.726. The van der Waals surface area contributed by atoms with E-state index in [1.165, 1.54) is 19.1 Å². The average Bonchev–Trinajstić information content (AvgIpc) is 2.58. The zero-order chi connectivity index (χ0) is 18.6. The zero-order valence-corrected chi connectivity index (χ0v) is 15.4.